The summed E-state index contributed by atoms with van der Waals surface area (Å²) in [7, 11) is -4.81. The van der Waals surface area contributed by atoms with Crippen molar-refractivity contribution in [3.8, 4) is 0 Å². The quantitative estimate of drug-likeness (QED) is 0.592. The van der Waals surface area contributed by atoms with E-state index in [0.717, 1.165) is 12.1 Å². The Morgan fingerprint density at radius 3 is 2.33 bits per heavy atom. The highest BCUT2D eigenvalue weighted by atomic mass is 32.2. The van der Waals surface area contributed by atoms with Gasteiger partial charge in [0.25, 0.3) is 0 Å². The molecule has 0 amide bonds. The molecule has 0 aliphatic heterocycles. The van der Waals surface area contributed by atoms with Crippen LogP contribution < -0.4 is 0 Å². The zero-order chi connectivity index (χ0) is 11.6. The Morgan fingerprint density at radius 2 is 1.87 bits per heavy atom. The maximum atomic E-state index is 11.1. The normalized spacial score (nSPS) is 10.9. The Labute approximate surface area is 84.2 Å². The number of carboxylic acid groups (broad SMARTS) is 1. The summed E-state index contributed by atoms with van der Waals surface area (Å²) in [4.78, 5) is 20.0. The first-order valence-corrected chi connectivity index (χ1v) is 5.03. The number of nitrogens with zero attached hydrogens (tertiary/aromatic N) is 1. The number of rotatable bonds is 3. The molecule has 8 heteroatoms. The molecule has 1 aromatic carbocycles. The average molecular weight is 231 g/mol. The molecule has 0 bridgehead atoms. The molecule has 0 aromatic heterocycles. The molecule has 15 heavy (non-hydrogen) atoms. The standard InChI is InChI=1S/C7H5NO6S/c9-7(10)5-3-1-2-4-6(5)15(13,14)8(11)12/h1-4H,(H,9,10). The zero-order valence-electron chi connectivity index (χ0n) is 7.15. The molecular formula is C7H5NO6S. The van der Waals surface area contributed by atoms with Gasteiger partial charge in [-0.3, -0.25) is 0 Å². The van der Waals surface area contributed by atoms with Gasteiger partial charge in [0.2, 0.25) is 0 Å². The number of sulfonamides is 1. The molecule has 0 spiro atoms. The van der Waals surface area contributed by atoms with Crippen LogP contribution in [0.4, 0.5) is 0 Å². The molecule has 1 N–H and O–H groups in total. The molecule has 0 aliphatic rings. The van der Waals surface area contributed by atoms with E-state index in [1.165, 1.54) is 12.1 Å². The maximum Gasteiger partial charge on any atom is 0.449 e. The highest BCUT2D eigenvalue weighted by molar-refractivity contribution is 7.85. The Kier molecular flexibility index (Phi) is 2.71. The maximum absolute atomic E-state index is 11.1. The van der Waals surface area contributed by atoms with Crippen LogP contribution in [-0.2, 0) is 10.0 Å². The van der Waals surface area contributed by atoms with Crippen LogP contribution in [0.2, 0.25) is 0 Å². The highest BCUT2D eigenvalue weighted by Crippen LogP contribution is 2.16. The van der Waals surface area contributed by atoms with Crippen molar-refractivity contribution in [3.63, 3.8) is 0 Å². The summed E-state index contributed by atoms with van der Waals surface area (Å²) in [6, 6.07) is 4.35. The third kappa shape index (κ3) is 1.94. The van der Waals surface area contributed by atoms with Crippen molar-refractivity contribution < 1.29 is 22.6 Å². The highest BCUT2D eigenvalue weighted by Gasteiger charge is 2.31. The zero-order valence-corrected chi connectivity index (χ0v) is 7.97. The van der Waals surface area contributed by atoms with Gasteiger partial charge in [0, 0.05) is 0 Å². The van der Waals surface area contributed by atoms with E-state index >= 15 is 0 Å². The number of carbonyl (C=O) groups is 1. The van der Waals surface area contributed by atoms with Gasteiger partial charge in [0.15, 0.2) is 9.22 Å². The molecule has 0 saturated heterocycles. The first-order chi connectivity index (χ1) is 6.87. The van der Waals surface area contributed by atoms with Gasteiger partial charge < -0.3 is 5.11 Å². The van der Waals surface area contributed by atoms with E-state index < -0.39 is 30.8 Å². The number of nitro groups is 1. The van der Waals surface area contributed by atoms with Gasteiger partial charge in [0.1, 0.15) is 0 Å². The van der Waals surface area contributed by atoms with E-state index in [9.17, 15) is 23.3 Å². The summed E-state index contributed by atoms with van der Waals surface area (Å²) in [5.41, 5.74) is -0.616. The lowest BCUT2D eigenvalue weighted by Crippen LogP contribution is -2.16. The predicted molar refractivity (Wildman–Crippen MR) is 47.6 cm³/mol. The van der Waals surface area contributed by atoms with E-state index in [0.29, 0.717) is 0 Å². The first-order valence-electron chi connectivity index (χ1n) is 3.59. The van der Waals surface area contributed by atoms with E-state index in [1.54, 1.807) is 0 Å². The van der Waals surface area contributed by atoms with Crippen LogP contribution in [0, 0.1) is 10.1 Å². The largest absolute Gasteiger partial charge is 0.478 e. The number of aromatic carboxylic acids is 1. The van der Waals surface area contributed by atoms with Crippen LogP contribution in [0.15, 0.2) is 29.2 Å². The number of benzene rings is 1. The topological polar surface area (TPSA) is 115 Å². The third-order valence-electron chi connectivity index (χ3n) is 1.59. The Bertz CT molecular complexity index is 520. The molecule has 7 nitrogen and oxygen atoms in total. The van der Waals surface area contributed by atoms with Crippen LogP contribution in [0.3, 0.4) is 0 Å². The Balaban J connectivity index is 3.52. The first kappa shape index (κ1) is 11.1. The van der Waals surface area contributed by atoms with Gasteiger partial charge in [-0.2, -0.15) is 8.42 Å². The van der Waals surface area contributed by atoms with Gasteiger partial charge in [-0.25, -0.2) is 14.9 Å². The van der Waals surface area contributed by atoms with Gasteiger partial charge in [-0.1, -0.05) is 12.1 Å². The van der Waals surface area contributed by atoms with E-state index in [4.69, 9.17) is 5.11 Å². The van der Waals surface area contributed by atoms with Crippen LogP contribution in [0.1, 0.15) is 10.4 Å². The molecule has 1 rings (SSSR count). The number of hydrogen-bond donors (Lipinski definition) is 1. The summed E-state index contributed by atoms with van der Waals surface area (Å²) < 4.78 is 20.7. The summed E-state index contributed by atoms with van der Waals surface area (Å²) in [6.45, 7) is 0. The molecule has 0 aliphatic carbocycles. The second-order valence-electron chi connectivity index (χ2n) is 2.50. The molecule has 0 saturated carbocycles. The van der Waals surface area contributed by atoms with Gasteiger partial charge >= 0.3 is 16.0 Å². The minimum Gasteiger partial charge on any atom is -0.478 e. The van der Waals surface area contributed by atoms with E-state index in [-0.39, 0.29) is 0 Å². The summed E-state index contributed by atoms with van der Waals surface area (Å²) >= 11 is 0. The SMILES string of the molecule is O=C(O)c1ccccc1S(=O)(=O)[N+](=O)[O-]. The molecule has 0 heterocycles. The molecule has 0 radical (unpaired) electrons. The molecule has 0 unspecified atom stereocenters. The molecule has 1 aromatic rings. The fraction of sp³-hybridized carbons (Fsp3) is 0. The lowest BCUT2D eigenvalue weighted by Gasteiger charge is -1.99. The fourth-order valence-electron chi connectivity index (χ4n) is 0.949. The van der Waals surface area contributed by atoms with Gasteiger partial charge in [-0.15, -0.1) is 0 Å². The minimum atomic E-state index is -4.81. The Hall–Kier alpha value is -1.96. The second-order valence-corrected chi connectivity index (χ2v) is 4.19. The molecular weight excluding hydrogens is 226 g/mol. The molecule has 80 valence electrons. The van der Waals surface area contributed by atoms with Crippen molar-refractivity contribution in [3.05, 3.63) is 39.9 Å². The minimum absolute atomic E-state index is 0.616. The van der Waals surface area contributed by atoms with E-state index in [1.807, 2.05) is 0 Å². The van der Waals surface area contributed by atoms with Crippen LogP contribution >= 0.6 is 0 Å². The van der Waals surface area contributed by atoms with Crippen LogP contribution in [-0.4, -0.2) is 23.8 Å². The van der Waals surface area contributed by atoms with Crippen molar-refractivity contribution >= 4 is 16.0 Å². The molecule has 0 fully saturated rings. The second kappa shape index (κ2) is 3.65. The van der Waals surface area contributed by atoms with Crippen molar-refractivity contribution in [2.24, 2.45) is 0 Å². The smallest absolute Gasteiger partial charge is 0.449 e. The van der Waals surface area contributed by atoms with Gasteiger partial charge in [-0.05, 0) is 12.1 Å². The van der Waals surface area contributed by atoms with E-state index in [2.05, 4.69) is 0 Å². The van der Waals surface area contributed by atoms with Crippen molar-refractivity contribution in [2.75, 3.05) is 0 Å². The lowest BCUT2D eigenvalue weighted by molar-refractivity contribution is -0.305. The number of carboxylic acids is 1. The van der Waals surface area contributed by atoms with Crippen molar-refractivity contribution in [1.29, 1.82) is 0 Å². The fourth-order valence-corrected chi connectivity index (χ4v) is 1.79. The molecule has 0 atom stereocenters. The monoisotopic (exact) mass is 231 g/mol. The predicted octanol–water partition coefficient (Wildman–Crippen LogP) is 0.350. The summed E-state index contributed by atoms with van der Waals surface area (Å²) in [6.07, 6.45) is 0. The van der Waals surface area contributed by atoms with Crippen molar-refractivity contribution in [2.45, 2.75) is 4.90 Å². The van der Waals surface area contributed by atoms with Crippen molar-refractivity contribution in [1.82, 2.24) is 0 Å². The van der Waals surface area contributed by atoms with Gasteiger partial charge in [0.05, 0.1) is 5.56 Å². The summed E-state index contributed by atoms with van der Waals surface area (Å²) in [5.74, 6) is -1.53. The van der Waals surface area contributed by atoms with Crippen LogP contribution in [0.5, 0.6) is 0 Å². The van der Waals surface area contributed by atoms with Crippen LogP contribution in [0.25, 0.3) is 0 Å². The summed E-state index contributed by atoms with van der Waals surface area (Å²) in [5, 5.41) is 18.8. The lowest BCUT2D eigenvalue weighted by atomic mass is 10.2. The Morgan fingerprint density at radius 1 is 1.33 bits per heavy atom. The third-order valence-corrected chi connectivity index (χ3v) is 2.90. The average Bonchev–Trinajstić information content (AvgIpc) is 2.17. The number of hydrogen-bond acceptors (Lipinski definition) is 5.